The van der Waals surface area contributed by atoms with E-state index in [2.05, 4.69) is 59.8 Å². The molecule has 0 spiro atoms. The maximum Gasteiger partial charge on any atom is 0.000690 e. The quantitative estimate of drug-likeness (QED) is 0.609. The highest BCUT2D eigenvalue weighted by Crippen LogP contribution is 2.41. The van der Waals surface area contributed by atoms with Gasteiger partial charge in [-0.15, -0.1) is 0 Å². The Hall–Kier alpha value is -0.520. The van der Waals surface area contributed by atoms with Crippen LogP contribution in [0.4, 0.5) is 0 Å². The van der Waals surface area contributed by atoms with Crippen molar-refractivity contribution in [2.75, 3.05) is 0 Å². The maximum absolute atomic E-state index is 2.48. The monoisotopic (exact) mass is 206 g/mol. The third-order valence-corrected chi connectivity index (χ3v) is 4.32. The summed E-state index contributed by atoms with van der Waals surface area (Å²) in [5.74, 6) is 0.628. The average Bonchev–Trinajstić information content (AvgIpc) is 2.67. The third kappa shape index (κ3) is 2.53. The largest absolute Gasteiger partial charge is 0.0768 e. The molecule has 0 nitrogen and oxygen atoms in total. The summed E-state index contributed by atoms with van der Waals surface area (Å²) >= 11 is 0. The van der Waals surface area contributed by atoms with E-state index in [9.17, 15) is 0 Å². The van der Waals surface area contributed by atoms with Crippen LogP contribution in [0, 0.1) is 16.7 Å². The van der Waals surface area contributed by atoms with Crippen molar-refractivity contribution in [2.45, 2.75) is 54.4 Å². The number of hydrogen-bond acceptors (Lipinski definition) is 0. The lowest BCUT2D eigenvalue weighted by Gasteiger charge is -2.29. The van der Waals surface area contributed by atoms with E-state index in [-0.39, 0.29) is 0 Å². The zero-order valence-corrected chi connectivity index (χ0v) is 11.2. The third-order valence-electron chi connectivity index (χ3n) is 4.32. The van der Waals surface area contributed by atoms with Crippen LogP contribution in [0.3, 0.4) is 0 Å². The Morgan fingerprint density at radius 1 is 1.07 bits per heavy atom. The van der Waals surface area contributed by atoms with Crippen molar-refractivity contribution in [1.82, 2.24) is 0 Å². The molecule has 0 saturated heterocycles. The summed E-state index contributed by atoms with van der Waals surface area (Å²) in [5, 5.41) is 0. The highest BCUT2D eigenvalue weighted by atomic mass is 14.3. The summed E-state index contributed by atoms with van der Waals surface area (Å²) in [6, 6.07) is 0. The molecule has 86 valence electrons. The Kier molecular flexibility index (Phi) is 3.48. The van der Waals surface area contributed by atoms with Gasteiger partial charge in [-0.05, 0) is 22.8 Å². The van der Waals surface area contributed by atoms with Crippen LogP contribution in [-0.4, -0.2) is 0 Å². The fourth-order valence-corrected chi connectivity index (χ4v) is 1.89. The summed E-state index contributed by atoms with van der Waals surface area (Å²) in [4.78, 5) is 0. The van der Waals surface area contributed by atoms with Crippen molar-refractivity contribution in [2.24, 2.45) is 16.7 Å². The molecule has 0 aromatic carbocycles. The van der Waals surface area contributed by atoms with Crippen LogP contribution in [0.1, 0.15) is 54.4 Å². The molecule has 1 atom stereocenters. The van der Waals surface area contributed by atoms with Crippen molar-refractivity contribution in [1.29, 1.82) is 0 Å². The van der Waals surface area contributed by atoms with Gasteiger partial charge in [-0.1, -0.05) is 66.2 Å². The van der Waals surface area contributed by atoms with Gasteiger partial charge >= 0.3 is 0 Å². The minimum absolute atomic E-state index is 0.342. The molecule has 0 fully saturated rings. The van der Waals surface area contributed by atoms with Crippen molar-refractivity contribution in [3.63, 3.8) is 0 Å². The van der Waals surface area contributed by atoms with Gasteiger partial charge in [0.05, 0.1) is 0 Å². The van der Waals surface area contributed by atoms with Gasteiger partial charge in [-0.2, -0.15) is 0 Å². The number of rotatable bonds is 4. The second-order valence-corrected chi connectivity index (χ2v) is 6.09. The van der Waals surface area contributed by atoms with Gasteiger partial charge in [-0.25, -0.2) is 0 Å². The first kappa shape index (κ1) is 12.5. The first-order chi connectivity index (χ1) is 6.83. The average molecular weight is 206 g/mol. The summed E-state index contributed by atoms with van der Waals surface area (Å²) in [7, 11) is 0. The molecule has 0 aliphatic heterocycles. The van der Waals surface area contributed by atoms with E-state index in [0.29, 0.717) is 16.7 Å². The lowest BCUT2D eigenvalue weighted by Crippen LogP contribution is -2.19. The zero-order chi connectivity index (χ0) is 11.7. The van der Waals surface area contributed by atoms with E-state index >= 15 is 0 Å². The van der Waals surface area contributed by atoms with E-state index < -0.39 is 0 Å². The fourth-order valence-electron chi connectivity index (χ4n) is 1.89. The van der Waals surface area contributed by atoms with Crippen LogP contribution < -0.4 is 0 Å². The minimum Gasteiger partial charge on any atom is -0.0768 e. The Balaban J connectivity index is 2.85. The number of hydrogen-bond donors (Lipinski definition) is 0. The highest BCUT2D eigenvalue weighted by Gasteiger charge is 2.30. The molecule has 0 aromatic rings. The van der Waals surface area contributed by atoms with Crippen LogP contribution in [0.15, 0.2) is 23.8 Å². The van der Waals surface area contributed by atoms with E-state index in [4.69, 9.17) is 0 Å². The topological polar surface area (TPSA) is 0 Å². The van der Waals surface area contributed by atoms with Gasteiger partial charge < -0.3 is 0 Å². The van der Waals surface area contributed by atoms with Gasteiger partial charge in [-0.3, -0.25) is 0 Å². The molecule has 0 aromatic heterocycles. The van der Waals surface area contributed by atoms with Crippen molar-refractivity contribution in [3.05, 3.63) is 23.8 Å². The zero-order valence-electron chi connectivity index (χ0n) is 11.2. The molecular formula is C15H26. The van der Waals surface area contributed by atoms with Gasteiger partial charge in [0, 0.05) is 5.92 Å². The van der Waals surface area contributed by atoms with E-state index in [1.807, 2.05) is 0 Å². The van der Waals surface area contributed by atoms with Crippen molar-refractivity contribution in [3.8, 4) is 0 Å². The molecule has 0 heterocycles. The Labute approximate surface area is 95.5 Å². The lowest BCUT2D eigenvalue weighted by molar-refractivity contribution is 0.291. The molecule has 0 N–H and O–H groups in total. The Bertz CT molecular complexity index is 276. The van der Waals surface area contributed by atoms with Gasteiger partial charge in [0.15, 0.2) is 0 Å². The Morgan fingerprint density at radius 3 is 2.13 bits per heavy atom. The molecule has 0 bridgehead atoms. The summed E-state index contributed by atoms with van der Waals surface area (Å²) < 4.78 is 0. The summed E-state index contributed by atoms with van der Waals surface area (Å²) in [5.41, 5.74) is 2.27. The van der Waals surface area contributed by atoms with Crippen molar-refractivity contribution < 1.29 is 0 Å². The molecule has 0 amide bonds. The normalized spacial score (nSPS) is 22.0. The molecule has 1 aliphatic carbocycles. The molecule has 0 radical (unpaired) electrons. The molecular weight excluding hydrogens is 180 g/mol. The first-order valence-electron chi connectivity index (χ1n) is 6.24. The van der Waals surface area contributed by atoms with Gasteiger partial charge in [0.25, 0.3) is 0 Å². The van der Waals surface area contributed by atoms with Crippen LogP contribution in [0.5, 0.6) is 0 Å². The predicted molar refractivity (Wildman–Crippen MR) is 68.9 cm³/mol. The molecule has 1 rings (SSSR count). The minimum atomic E-state index is 0.342. The highest BCUT2D eigenvalue weighted by molar-refractivity contribution is 5.34. The van der Waals surface area contributed by atoms with Crippen LogP contribution in [0.2, 0.25) is 0 Å². The van der Waals surface area contributed by atoms with Gasteiger partial charge in [0.2, 0.25) is 0 Å². The number of allylic oxidation sites excluding steroid dienone is 4. The predicted octanol–water partition coefficient (Wildman–Crippen LogP) is 4.97. The van der Waals surface area contributed by atoms with Crippen LogP contribution in [-0.2, 0) is 0 Å². The molecule has 1 aliphatic rings. The standard InChI is InChI=1S/C15H26/c1-7-14(3,4)12-9-10-13(11-12)15(5,6)8-2/h9-12H,7-8H2,1-6H3. The SMILES string of the molecule is CCC(C)(C)C1=CC(C(C)(C)CC)C=C1. The second-order valence-electron chi connectivity index (χ2n) is 6.09. The Morgan fingerprint density at radius 2 is 1.67 bits per heavy atom. The summed E-state index contributed by atoms with van der Waals surface area (Å²) in [6.45, 7) is 14.0. The molecule has 0 saturated carbocycles. The van der Waals surface area contributed by atoms with Gasteiger partial charge in [0.1, 0.15) is 0 Å². The molecule has 15 heavy (non-hydrogen) atoms. The van der Waals surface area contributed by atoms with Crippen LogP contribution in [0.25, 0.3) is 0 Å². The van der Waals surface area contributed by atoms with E-state index in [1.165, 1.54) is 18.4 Å². The molecule has 1 unspecified atom stereocenters. The van der Waals surface area contributed by atoms with Crippen molar-refractivity contribution >= 4 is 0 Å². The second kappa shape index (κ2) is 4.15. The van der Waals surface area contributed by atoms with E-state index in [0.717, 1.165) is 0 Å². The van der Waals surface area contributed by atoms with Crippen LogP contribution >= 0.6 is 0 Å². The first-order valence-corrected chi connectivity index (χ1v) is 6.24. The summed E-state index contributed by atoms with van der Waals surface area (Å²) in [6.07, 6.45) is 9.65. The van der Waals surface area contributed by atoms with E-state index in [1.54, 1.807) is 0 Å². The lowest BCUT2D eigenvalue weighted by atomic mass is 9.76. The maximum atomic E-state index is 2.48. The molecule has 0 heteroatoms. The fraction of sp³-hybridized carbons (Fsp3) is 0.733. The smallest absolute Gasteiger partial charge is 0.000690 e.